The minimum atomic E-state index is -1.18. The first-order chi connectivity index (χ1) is 20.8. The van der Waals surface area contributed by atoms with E-state index in [4.69, 9.17) is 19.7 Å². The molecule has 7 rings (SSSR count). The fourth-order valence-corrected chi connectivity index (χ4v) is 6.44. The third-order valence-corrected chi connectivity index (χ3v) is 9.05. The molecule has 4 heterocycles. The van der Waals surface area contributed by atoms with Crippen LogP contribution in [0.4, 0.5) is 8.78 Å². The molecule has 0 radical (unpaired) electrons. The topological polar surface area (TPSA) is 114 Å². The Morgan fingerprint density at radius 3 is 2.77 bits per heavy atom. The molecule has 2 unspecified atom stereocenters. The molecular weight excluding hydrogens is 556 g/mol. The van der Waals surface area contributed by atoms with Gasteiger partial charge in [-0.3, -0.25) is 4.90 Å². The molecule has 11 heteroatoms. The highest BCUT2D eigenvalue weighted by Crippen LogP contribution is 2.59. The van der Waals surface area contributed by atoms with Crippen LogP contribution in [-0.4, -0.2) is 56.3 Å². The van der Waals surface area contributed by atoms with Crippen LogP contribution in [0, 0.1) is 28.9 Å². The summed E-state index contributed by atoms with van der Waals surface area (Å²) in [7, 11) is 0. The number of hydrogen-bond acceptors (Lipinski definition) is 7. The van der Waals surface area contributed by atoms with Crippen molar-refractivity contribution in [2.24, 2.45) is 5.92 Å². The molecule has 2 aliphatic heterocycles. The number of carboxylic acids is 1. The van der Waals surface area contributed by atoms with Crippen LogP contribution >= 0.6 is 0 Å². The fraction of sp³-hybridized carbons (Fsp3) is 0.375. The third-order valence-electron chi connectivity index (χ3n) is 9.05. The number of fused-ring (bicyclic) bond motifs is 2. The Hall–Kier alpha value is -4.40. The first kappa shape index (κ1) is 27.4. The van der Waals surface area contributed by atoms with Gasteiger partial charge in [0.15, 0.2) is 5.82 Å². The van der Waals surface area contributed by atoms with Gasteiger partial charge < -0.3 is 19.1 Å². The number of piperidine rings is 1. The van der Waals surface area contributed by atoms with Crippen molar-refractivity contribution >= 4 is 17.0 Å². The smallest absolute Gasteiger partial charge is 0.335 e. The van der Waals surface area contributed by atoms with E-state index in [2.05, 4.69) is 9.88 Å². The Morgan fingerprint density at radius 2 is 2.05 bits per heavy atom. The van der Waals surface area contributed by atoms with Crippen LogP contribution in [0.15, 0.2) is 48.5 Å². The lowest BCUT2D eigenvalue weighted by atomic mass is 9.91. The first-order valence-electron chi connectivity index (χ1n) is 14.4. The minimum absolute atomic E-state index is 0.000827. The number of pyridine rings is 1. The summed E-state index contributed by atoms with van der Waals surface area (Å²) in [6, 6.07) is 14.5. The van der Waals surface area contributed by atoms with Crippen molar-refractivity contribution in [1.82, 2.24) is 19.4 Å². The van der Waals surface area contributed by atoms with Crippen molar-refractivity contribution in [1.29, 1.82) is 5.26 Å². The summed E-state index contributed by atoms with van der Waals surface area (Å²) < 4.78 is 42.6. The predicted octanol–water partition coefficient (Wildman–Crippen LogP) is 4.81. The number of imidazole rings is 1. The van der Waals surface area contributed by atoms with E-state index in [0.717, 1.165) is 44.1 Å². The summed E-state index contributed by atoms with van der Waals surface area (Å²) in [5.74, 6) is -0.785. The molecule has 3 fully saturated rings. The molecular formula is C32H29F2N5O4. The average molecular weight is 586 g/mol. The Bertz CT molecular complexity index is 1780. The minimum Gasteiger partial charge on any atom is -0.478 e. The fourth-order valence-electron chi connectivity index (χ4n) is 6.44. The number of nitriles is 1. The number of carbonyl (C=O) groups is 1. The Balaban J connectivity index is 1.05. The van der Waals surface area contributed by atoms with Crippen LogP contribution in [0.1, 0.15) is 52.3 Å². The monoisotopic (exact) mass is 585 g/mol. The number of rotatable bonds is 9. The molecule has 2 aromatic carbocycles. The maximum atomic E-state index is 14.9. The van der Waals surface area contributed by atoms with Crippen LogP contribution in [0.25, 0.3) is 11.0 Å². The first-order valence-corrected chi connectivity index (χ1v) is 14.4. The van der Waals surface area contributed by atoms with Gasteiger partial charge in [-0.25, -0.2) is 23.5 Å². The highest BCUT2D eigenvalue weighted by Gasteiger charge is 2.58. The molecule has 3 aliphatic rings. The zero-order chi connectivity index (χ0) is 29.7. The number of ether oxygens (including phenoxy) is 2. The van der Waals surface area contributed by atoms with Crippen molar-refractivity contribution in [3.8, 4) is 11.9 Å². The number of aromatic nitrogens is 3. The highest BCUT2D eigenvalue weighted by molar-refractivity contribution is 5.92. The molecule has 43 heavy (non-hydrogen) atoms. The summed E-state index contributed by atoms with van der Waals surface area (Å²) >= 11 is 0. The lowest BCUT2D eigenvalue weighted by Crippen LogP contribution is -2.37. The second-order valence-corrected chi connectivity index (χ2v) is 11.7. The van der Waals surface area contributed by atoms with E-state index in [9.17, 15) is 18.7 Å². The summed E-state index contributed by atoms with van der Waals surface area (Å²) in [6.45, 7) is 3.34. The van der Waals surface area contributed by atoms with Gasteiger partial charge in [-0.1, -0.05) is 12.1 Å². The molecule has 220 valence electrons. The number of likely N-dealkylation sites (tertiary alicyclic amines) is 1. The van der Waals surface area contributed by atoms with Gasteiger partial charge in [0.1, 0.15) is 23.8 Å². The number of benzene rings is 2. The van der Waals surface area contributed by atoms with Crippen molar-refractivity contribution < 1.29 is 28.2 Å². The van der Waals surface area contributed by atoms with Crippen molar-refractivity contribution in [2.75, 3.05) is 19.7 Å². The molecule has 2 aromatic heterocycles. The molecule has 2 saturated heterocycles. The van der Waals surface area contributed by atoms with Crippen LogP contribution < -0.4 is 4.74 Å². The predicted molar refractivity (Wildman–Crippen MR) is 150 cm³/mol. The molecule has 4 aromatic rings. The molecule has 0 bridgehead atoms. The standard InChI is InChI=1S/C32H29F2N5O4/c33-24-10-19(14-35)4-5-20(24)18-43-29-3-1-2-27(36-29)32-7-8-38(15-22(32)13-32)17-28-37-30-25(34)11-21(31(40)41)12-26(30)39(28)16-23-6-9-42-23/h1-5,10-12,22-23H,6-9,13,15-18H2,(H,40,41)/t22?,23-,32?/m0/s1. The maximum Gasteiger partial charge on any atom is 0.335 e. The van der Waals surface area contributed by atoms with Crippen molar-refractivity contribution in [3.63, 3.8) is 0 Å². The van der Waals surface area contributed by atoms with Gasteiger partial charge in [-0.2, -0.15) is 5.26 Å². The van der Waals surface area contributed by atoms with Crippen LogP contribution in [0.5, 0.6) is 5.88 Å². The van der Waals surface area contributed by atoms with Gasteiger partial charge in [0.25, 0.3) is 0 Å². The summed E-state index contributed by atoms with van der Waals surface area (Å²) in [5.41, 5.74) is 2.09. The maximum absolute atomic E-state index is 14.9. The lowest BCUT2D eigenvalue weighted by Gasteiger charge is -2.32. The van der Waals surface area contributed by atoms with E-state index in [1.807, 2.05) is 22.8 Å². The van der Waals surface area contributed by atoms with Crippen LogP contribution in [0.3, 0.4) is 0 Å². The molecule has 1 N–H and O–H groups in total. The summed E-state index contributed by atoms with van der Waals surface area (Å²) in [4.78, 5) is 23.3. The number of carboxylic acid groups (broad SMARTS) is 1. The van der Waals surface area contributed by atoms with Gasteiger partial charge in [0, 0.05) is 30.2 Å². The molecule has 1 saturated carbocycles. The Labute approximate surface area is 246 Å². The molecule has 3 atom stereocenters. The number of aromatic carboxylic acids is 1. The van der Waals surface area contributed by atoms with Crippen LogP contribution in [0.2, 0.25) is 0 Å². The van der Waals surface area contributed by atoms with E-state index in [1.54, 1.807) is 18.2 Å². The zero-order valence-corrected chi connectivity index (χ0v) is 23.3. The molecule has 0 spiro atoms. The van der Waals surface area contributed by atoms with Gasteiger partial charge in [-0.15, -0.1) is 0 Å². The van der Waals surface area contributed by atoms with Crippen LogP contribution in [-0.2, 0) is 29.8 Å². The van der Waals surface area contributed by atoms with Gasteiger partial charge in [0.2, 0.25) is 5.88 Å². The van der Waals surface area contributed by atoms with E-state index in [1.165, 1.54) is 12.1 Å². The molecule has 1 aliphatic carbocycles. The normalized spacial score (nSPS) is 22.9. The summed E-state index contributed by atoms with van der Waals surface area (Å²) in [6.07, 6.45) is 2.78. The highest BCUT2D eigenvalue weighted by atomic mass is 19.1. The number of hydrogen-bond donors (Lipinski definition) is 1. The summed E-state index contributed by atoms with van der Waals surface area (Å²) in [5, 5.41) is 18.4. The Kier molecular flexibility index (Phi) is 6.83. The SMILES string of the molecule is N#Cc1ccc(COc2cccc(C34CCN(Cc5nc6c(F)cc(C(=O)O)cc6n5C[C@@H]5CCO5)CC3C4)n2)c(F)c1. The van der Waals surface area contributed by atoms with E-state index in [-0.39, 0.29) is 34.8 Å². The molecule has 0 amide bonds. The average Bonchev–Trinajstić information content (AvgIpc) is 3.62. The van der Waals surface area contributed by atoms with Crippen molar-refractivity contribution in [3.05, 3.63) is 88.4 Å². The van der Waals surface area contributed by atoms with Gasteiger partial charge in [-0.05, 0) is 62.1 Å². The lowest BCUT2D eigenvalue weighted by molar-refractivity contribution is -0.0592. The number of nitrogens with zero attached hydrogens (tertiary/aromatic N) is 5. The number of halogens is 2. The van der Waals surface area contributed by atoms with E-state index in [0.29, 0.717) is 48.4 Å². The quantitative estimate of drug-likeness (QED) is 0.298. The second kappa shape index (κ2) is 10.7. The van der Waals surface area contributed by atoms with E-state index < -0.39 is 17.6 Å². The zero-order valence-electron chi connectivity index (χ0n) is 23.3. The van der Waals surface area contributed by atoms with Gasteiger partial charge >= 0.3 is 5.97 Å². The Morgan fingerprint density at radius 1 is 1.19 bits per heavy atom. The second-order valence-electron chi connectivity index (χ2n) is 11.7. The van der Waals surface area contributed by atoms with E-state index >= 15 is 0 Å². The largest absolute Gasteiger partial charge is 0.478 e. The van der Waals surface area contributed by atoms with Gasteiger partial charge in [0.05, 0.1) is 47.6 Å². The third kappa shape index (κ3) is 5.11. The van der Waals surface area contributed by atoms with Crippen molar-refractivity contribution in [2.45, 2.75) is 50.5 Å². The molecule has 9 nitrogen and oxygen atoms in total.